The van der Waals surface area contributed by atoms with E-state index in [1.807, 2.05) is 0 Å². The topological polar surface area (TPSA) is 66.9 Å². The van der Waals surface area contributed by atoms with Gasteiger partial charge < -0.3 is 5.73 Å². The van der Waals surface area contributed by atoms with Crippen molar-refractivity contribution in [2.75, 3.05) is 18.1 Å². The average Bonchev–Trinajstić information content (AvgIpc) is 1.88. The number of rotatable bonds is 1. The molecule has 1 rings (SSSR count). The second-order valence-electron chi connectivity index (χ2n) is 2.90. The monoisotopic (exact) mass is 162 g/mol. The molecule has 4 heteroatoms. The Kier molecular flexibility index (Phi) is 2.31. The Labute approximate surface area is 62.0 Å². The first-order chi connectivity index (χ1) is 4.64. The van der Waals surface area contributed by atoms with Crippen molar-refractivity contribution in [1.29, 1.82) is 4.78 Å². The fourth-order valence-electron chi connectivity index (χ4n) is 1.20. The molecule has 10 heavy (non-hydrogen) atoms. The molecule has 3 nitrogen and oxygen atoms in total. The van der Waals surface area contributed by atoms with E-state index in [0.717, 1.165) is 12.8 Å². The zero-order chi connectivity index (χ0) is 7.61. The third kappa shape index (κ3) is 1.95. The van der Waals surface area contributed by atoms with Gasteiger partial charge in [-0.2, -0.15) is 0 Å². The minimum atomic E-state index is -2.18. The van der Waals surface area contributed by atoms with Gasteiger partial charge in [0.25, 0.3) is 0 Å². The molecule has 0 spiro atoms. The minimum Gasteiger partial charge on any atom is -0.330 e. The highest BCUT2D eigenvalue weighted by molar-refractivity contribution is 7.92. The van der Waals surface area contributed by atoms with Gasteiger partial charge in [0.15, 0.2) is 0 Å². The normalized spacial score (nSPS) is 41.5. The van der Waals surface area contributed by atoms with Crippen LogP contribution in [0.4, 0.5) is 0 Å². The maximum atomic E-state index is 11.1. The van der Waals surface area contributed by atoms with Gasteiger partial charge in [-0.15, -0.1) is 0 Å². The van der Waals surface area contributed by atoms with Gasteiger partial charge in [0.1, 0.15) is 0 Å². The Hall–Kier alpha value is -0.0900. The van der Waals surface area contributed by atoms with Gasteiger partial charge in [0, 0.05) is 21.2 Å². The number of hydrogen-bond donors (Lipinski definition) is 2. The first kappa shape index (κ1) is 8.01. The van der Waals surface area contributed by atoms with E-state index in [-0.39, 0.29) is 0 Å². The van der Waals surface area contributed by atoms with Crippen LogP contribution in [-0.2, 0) is 9.73 Å². The molecule has 0 amide bonds. The van der Waals surface area contributed by atoms with Crippen LogP contribution in [0.3, 0.4) is 0 Å². The smallest absolute Gasteiger partial charge is 0.0441 e. The highest BCUT2D eigenvalue weighted by atomic mass is 32.2. The van der Waals surface area contributed by atoms with Crippen molar-refractivity contribution < 1.29 is 4.21 Å². The first-order valence-corrected chi connectivity index (χ1v) is 5.48. The van der Waals surface area contributed by atoms with Crippen molar-refractivity contribution in [3.05, 3.63) is 0 Å². The summed E-state index contributed by atoms with van der Waals surface area (Å²) in [6.45, 7) is 0.690. The molecule has 0 aromatic heterocycles. The van der Waals surface area contributed by atoms with Crippen LogP contribution in [0.2, 0.25) is 0 Å². The lowest BCUT2D eigenvalue weighted by Crippen LogP contribution is -2.27. The highest BCUT2D eigenvalue weighted by Gasteiger charge is 2.19. The Morgan fingerprint density at radius 1 is 1.50 bits per heavy atom. The third-order valence-electron chi connectivity index (χ3n) is 2.04. The summed E-state index contributed by atoms with van der Waals surface area (Å²) in [4.78, 5) is 0. The molecule has 1 heterocycles. The molecule has 1 aliphatic heterocycles. The van der Waals surface area contributed by atoms with Crippen LogP contribution in [-0.4, -0.2) is 22.3 Å². The maximum Gasteiger partial charge on any atom is 0.0441 e. The first-order valence-electron chi connectivity index (χ1n) is 3.58. The number of nitrogens with one attached hydrogen (secondary N) is 1. The van der Waals surface area contributed by atoms with Crippen molar-refractivity contribution in [1.82, 2.24) is 0 Å². The van der Waals surface area contributed by atoms with Crippen LogP contribution in [0.25, 0.3) is 0 Å². The standard InChI is InChI=1S/C6H14N2OS/c7-5-6-1-3-10(8,9)4-2-6/h6,8H,1-5,7H2. The van der Waals surface area contributed by atoms with Crippen LogP contribution >= 0.6 is 0 Å². The summed E-state index contributed by atoms with van der Waals surface area (Å²) in [6.07, 6.45) is 1.78. The molecule has 0 saturated carbocycles. The zero-order valence-corrected chi connectivity index (χ0v) is 6.82. The molecule has 1 fully saturated rings. The Morgan fingerprint density at radius 2 is 2.00 bits per heavy atom. The maximum absolute atomic E-state index is 11.1. The molecule has 0 aromatic rings. The van der Waals surface area contributed by atoms with E-state index in [9.17, 15) is 4.21 Å². The molecular formula is C6H14N2OS. The Bertz CT molecular complexity index is 184. The largest absolute Gasteiger partial charge is 0.330 e. The highest BCUT2D eigenvalue weighted by Crippen LogP contribution is 2.17. The molecule has 1 aliphatic rings. The van der Waals surface area contributed by atoms with Crippen molar-refractivity contribution in [2.24, 2.45) is 11.7 Å². The van der Waals surface area contributed by atoms with Gasteiger partial charge in [0.05, 0.1) is 0 Å². The van der Waals surface area contributed by atoms with E-state index in [2.05, 4.69) is 0 Å². The quantitative estimate of drug-likeness (QED) is 0.586. The fourth-order valence-corrected chi connectivity index (χ4v) is 2.83. The van der Waals surface area contributed by atoms with E-state index in [1.165, 1.54) is 0 Å². The Balaban J connectivity index is 2.46. The van der Waals surface area contributed by atoms with E-state index in [0.29, 0.717) is 24.0 Å². The molecule has 60 valence electrons. The molecule has 0 unspecified atom stereocenters. The van der Waals surface area contributed by atoms with Crippen LogP contribution in [0.1, 0.15) is 12.8 Å². The van der Waals surface area contributed by atoms with Gasteiger partial charge in [-0.1, -0.05) is 0 Å². The molecule has 0 aromatic carbocycles. The Morgan fingerprint density at radius 3 is 2.40 bits per heavy atom. The molecular weight excluding hydrogens is 148 g/mol. The van der Waals surface area contributed by atoms with Crippen LogP contribution < -0.4 is 5.73 Å². The van der Waals surface area contributed by atoms with Gasteiger partial charge in [-0.3, -0.25) is 4.78 Å². The summed E-state index contributed by atoms with van der Waals surface area (Å²) < 4.78 is 18.4. The minimum absolute atomic E-state index is 0.528. The number of nitrogens with two attached hydrogens (primary N) is 1. The summed E-state index contributed by atoms with van der Waals surface area (Å²) in [5.41, 5.74) is 5.44. The van der Waals surface area contributed by atoms with E-state index < -0.39 is 9.73 Å². The second kappa shape index (κ2) is 2.88. The summed E-state index contributed by atoms with van der Waals surface area (Å²) in [7, 11) is -2.18. The van der Waals surface area contributed by atoms with E-state index >= 15 is 0 Å². The molecule has 0 atom stereocenters. The van der Waals surface area contributed by atoms with Crippen LogP contribution in [0, 0.1) is 10.7 Å². The van der Waals surface area contributed by atoms with Gasteiger partial charge in [-0.25, -0.2) is 4.21 Å². The van der Waals surface area contributed by atoms with E-state index in [1.54, 1.807) is 0 Å². The summed E-state index contributed by atoms with van der Waals surface area (Å²) >= 11 is 0. The SMILES string of the molecule is N=S1(=O)CCC(CN)CC1. The lowest BCUT2D eigenvalue weighted by Gasteiger charge is -2.21. The van der Waals surface area contributed by atoms with Gasteiger partial charge in [0.2, 0.25) is 0 Å². The van der Waals surface area contributed by atoms with Crippen molar-refractivity contribution in [3.8, 4) is 0 Å². The van der Waals surface area contributed by atoms with Crippen molar-refractivity contribution in [2.45, 2.75) is 12.8 Å². The third-order valence-corrected chi connectivity index (χ3v) is 3.84. The molecule has 0 aliphatic carbocycles. The molecule has 0 radical (unpaired) electrons. The lowest BCUT2D eigenvalue weighted by atomic mass is 10.0. The average molecular weight is 162 g/mol. The van der Waals surface area contributed by atoms with Crippen molar-refractivity contribution >= 4 is 9.73 Å². The van der Waals surface area contributed by atoms with Crippen LogP contribution in [0.5, 0.6) is 0 Å². The number of hydrogen-bond acceptors (Lipinski definition) is 3. The molecule has 0 bridgehead atoms. The zero-order valence-electron chi connectivity index (χ0n) is 6.01. The molecule has 3 N–H and O–H groups in total. The second-order valence-corrected chi connectivity index (χ2v) is 5.34. The summed E-state index contributed by atoms with van der Waals surface area (Å²) in [5.74, 6) is 1.66. The van der Waals surface area contributed by atoms with Gasteiger partial charge in [-0.05, 0) is 25.3 Å². The predicted octanol–water partition coefficient (Wildman–Crippen LogP) is 0.402. The van der Waals surface area contributed by atoms with Crippen molar-refractivity contribution in [3.63, 3.8) is 0 Å². The summed E-state index contributed by atoms with van der Waals surface area (Å²) in [6, 6.07) is 0. The fraction of sp³-hybridized carbons (Fsp3) is 1.00. The molecule has 1 saturated heterocycles. The predicted molar refractivity (Wildman–Crippen MR) is 42.4 cm³/mol. The van der Waals surface area contributed by atoms with E-state index in [4.69, 9.17) is 10.5 Å². The lowest BCUT2D eigenvalue weighted by molar-refractivity contribution is 0.489. The van der Waals surface area contributed by atoms with Crippen LogP contribution in [0.15, 0.2) is 0 Å². The summed E-state index contributed by atoms with van der Waals surface area (Å²) in [5, 5.41) is 0. The van der Waals surface area contributed by atoms with Gasteiger partial charge >= 0.3 is 0 Å².